The summed E-state index contributed by atoms with van der Waals surface area (Å²) in [4.78, 5) is 0. The third-order valence-corrected chi connectivity index (χ3v) is 5.79. The van der Waals surface area contributed by atoms with E-state index in [4.69, 9.17) is 21.1 Å². The first kappa shape index (κ1) is 23.2. The van der Waals surface area contributed by atoms with E-state index in [1.165, 1.54) is 16.7 Å². The van der Waals surface area contributed by atoms with Gasteiger partial charge in [0.1, 0.15) is 17.5 Å². The molecule has 2 atom stereocenters. The van der Waals surface area contributed by atoms with E-state index in [1.807, 2.05) is 38.1 Å². The third kappa shape index (κ3) is 6.49. The van der Waals surface area contributed by atoms with E-state index in [2.05, 4.69) is 60.8 Å². The second-order valence-electron chi connectivity index (χ2n) is 8.18. The summed E-state index contributed by atoms with van der Waals surface area (Å²) in [5.74, 6) is 2.08. The van der Waals surface area contributed by atoms with Crippen molar-refractivity contribution < 1.29 is 14.8 Å². The number of nitrogens with two attached hydrogens (primary N) is 1. The highest BCUT2D eigenvalue weighted by Crippen LogP contribution is 2.34. The lowest BCUT2D eigenvalue weighted by Crippen LogP contribution is -2.84. The standard InChI is InChI=1S/C27H32ClNO2/c1-19(2)31-24-15-11-22(12-16-24)25(26-7-5-6-8-27(26)30-4)17-18-29-20(3)21-9-13-23(28)14-10-21/h5-16,19-20,25,29H,17-18H2,1-4H3/p+1/t20-,25-/m1/s1. The van der Waals surface area contributed by atoms with Crippen LogP contribution in [0.4, 0.5) is 0 Å². The van der Waals surface area contributed by atoms with Crippen LogP contribution in [0.3, 0.4) is 0 Å². The topological polar surface area (TPSA) is 35.1 Å². The van der Waals surface area contributed by atoms with Crippen molar-refractivity contribution in [1.82, 2.24) is 0 Å². The van der Waals surface area contributed by atoms with Gasteiger partial charge in [0, 0.05) is 28.5 Å². The summed E-state index contributed by atoms with van der Waals surface area (Å²) in [5.41, 5.74) is 3.77. The lowest BCUT2D eigenvalue weighted by molar-refractivity contribution is -0.693. The summed E-state index contributed by atoms with van der Waals surface area (Å²) in [6.45, 7) is 7.32. The van der Waals surface area contributed by atoms with Crippen molar-refractivity contribution in [2.45, 2.75) is 45.3 Å². The average molecular weight is 439 g/mol. The van der Waals surface area contributed by atoms with Gasteiger partial charge in [0.25, 0.3) is 0 Å². The summed E-state index contributed by atoms with van der Waals surface area (Å²) < 4.78 is 11.5. The van der Waals surface area contributed by atoms with Crippen LogP contribution in [0.15, 0.2) is 72.8 Å². The number of benzene rings is 3. The van der Waals surface area contributed by atoms with Crippen LogP contribution in [0.25, 0.3) is 0 Å². The minimum absolute atomic E-state index is 0.166. The predicted octanol–water partition coefficient (Wildman–Crippen LogP) is 5.98. The molecule has 3 rings (SSSR count). The van der Waals surface area contributed by atoms with Gasteiger partial charge in [-0.1, -0.05) is 54.1 Å². The van der Waals surface area contributed by atoms with Crippen LogP contribution in [-0.2, 0) is 0 Å². The van der Waals surface area contributed by atoms with Crippen LogP contribution in [0, 0.1) is 0 Å². The molecule has 3 aromatic carbocycles. The summed E-state index contributed by atoms with van der Waals surface area (Å²) in [6, 6.07) is 25.3. The fraction of sp³-hybridized carbons (Fsp3) is 0.333. The van der Waals surface area contributed by atoms with Gasteiger partial charge in [0.15, 0.2) is 0 Å². The van der Waals surface area contributed by atoms with Crippen molar-refractivity contribution in [2.24, 2.45) is 0 Å². The molecule has 0 aliphatic rings. The molecule has 0 aliphatic carbocycles. The van der Waals surface area contributed by atoms with Crippen LogP contribution in [0.5, 0.6) is 11.5 Å². The molecule has 164 valence electrons. The molecule has 0 aliphatic heterocycles. The zero-order valence-electron chi connectivity index (χ0n) is 18.8. The molecule has 0 spiro atoms. The van der Waals surface area contributed by atoms with Crippen LogP contribution >= 0.6 is 11.6 Å². The lowest BCUT2D eigenvalue weighted by Gasteiger charge is -2.21. The maximum atomic E-state index is 6.03. The van der Waals surface area contributed by atoms with E-state index in [0.29, 0.717) is 6.04 Å². The molecule has 0 unspecified atom stereocenters. The van der Waals surface area contributed by atoms with E-state index in [0.717, 1.165) is 29.5 Å². The van der Waals surface area contributed by atoms with E-state index in [-0.39, 0.29) is 12.0 Å². The van der Waals surface area contributed by atoms with Crippen molar-refractivity contribution in [3.8, 4) is 11.5 Å². The second kappa shape index (κ2) is 11.2. The Morgan fingerprint density at radius 1 is 0.839 bits per heavy atom. The Morgan fingerprint density at radius 3 is 2.13 bits per heavy atom. The Hall–Kier alpha value is -2.49. The van der Waals surface area contributed by atoms with E-state index in [1.54, 1.807) is 7.11 Å². The average Bonchev–Trinajstić information content (AvgIpc) is 2.77. The molecule has 0 saturated carbocycles. The smallest absolute Gasteiger partial charge is 0.122 e. The molecular weight excluding hydrogens is 406 g/mol. The molecule has 0 radical (unpaired) electrons. The highest BCUT2D eigenvalue weighted by Gasteiger charge is 2.20. The Labute approximate surface area is 191 Å². The van der Waals surface area contributed by atoms with Crippen molar-refractivity contribution in [3.05, 3.63) is 94.5 Å². The van der Waals surface area contributed by atoms with Gasteiger partial charge >= 0.3 is 0 Å². The molecule has 3 nitrogen and oxygen atoms in total. The van der Waals surface area contributed by atoms with E-state index < -0.39 is 0 Å². The molecule has 4 heteroatoms. The van der Waals surface area contributed by atoms with Gasteiger partial charge in [-0.05, 0) is 56.7 Å². The monoisotopic (exact) mass is 438 g/mol. The number of halogens is 1. The first-order chi connectivity index (χ1) is 15.0. The van der Waals surface area contributed by atoms with Gasteiger partial charge in [-0.2, -0.15) is 0 Å². The number of hydrogen-bond donors (Lipinski definition) is 1. The minimum Gasteiger partial charge on any atom is -0.496 e. The Kier molecular flexibility index (Phi) is 8.39. The maximum absolute atomic E-state index is 6.03. The van der Waals surface area contributed by atoms with Crippen molar-refractivity contribution in [1.29, 1.82) is 0 Å². The largest absolute Gasteiger partial charge is 0.496 e. The quantitative estimate of drug-likeness (QED) is 0.422. The van der Waals surface area contributed by atoms with E-state index >= 15 is 0 Å². The summed E-state index contributed by atoms with van der Waals surface area (Å²) in [7, 11) is 1.74. The number of hydrogen-bond acceptors (Lipinski definition) is 2. The van der Waals surface area contributed by atoms with Crippen molar-refractivity contribution >= 4 is 11.6 Å². The van der Waals surface area contributed by atoms with Gasteiger partial charge < -0.3 is 14.8 Å². The number of ether oxygens (including phenoxy) is 2. The second-order valence-corrected chi connectivity index (χ2v) is 8.62. The van der Waals surface area contributed by atoms with Gasteiger partial charge in [0.2, 0.25) is 0 Å². The number of methoxy groups -OCH3 is 1. The fourth-order valence-electron chi connectivity index (χ4n) is 3.92. The molecule has 0 bridgehead atoms. The Bertz CT molecular complexity index is 938. The Balaban J connectivity index is 1.77. The summed E-state index contributed by atoms with van der Waals surface area (Å²) >= 11 is 6.03. The molecule has 31 heavy (non-hydrogen) atoms. The van der Waals surface area contributed by atoms with Crippen LogP contribution in [-0.4, -0.2) is 19.8 Å². The highest BCUT2D eigenvalue weighted by atomic mass is 35.5. The zero-order valence-corrected chi connectivity index (χ0v) is 19.6. The molecule has 2 N–H and O–H groups in total. The summed E-state index contributed by atoms with van der Waals surface area (Å²) in [5, 5.41) is 3.17. The zero-order chi connectivity index (χ0) is 22.2. The first-order valence-electron chi connectivity index (χ1n) is 11.0. The first-order valence-corrected chi connectivity index (χ1v) is 11.3. The summed E-state index contributed by atoms with van der Waals surface area (Å²) in [6.07, 6.45) is 1.17. The Morgan fingerprint density at radius 2 is 1.48 bits per heavy atom. The van der Waals surface area contributed by atoms with Crippen LogP contribution in [0.1, 0.15) is 55.8 Å². The highest BCUT2D eigenvalue weighted by molar-refractivity contribution is 6.30. The van der Waals surface area contributed by atoms with Gasteiger partial charge in [-0.25, -0.2) is 0 Å². The lowest BCUT2D eigenvalue weighted by atomic mass is 9.87. The van der Waals surface area contributed by atoms with Crippen LogP contribution < -0.4 is 14.8 Å². The maximum Gasteiger partial charge on any atom is 0.122 e. The van der Waals surface area contributed by atoms with E-state index in [9.17, 15) is 0 Å². The molecule has 3 aromatic rings. The van der Waals surface area contributed by atoms with Gasteiger partial charge in [-0.15, -0.1) is 0 Å². The molecule has 0 aromatic heterocycles. The molecule has 0 saturated heterocycles. The van der Waals surface area contributed by atoms with Crippen LogP contribution in [0.2, 0.25) is 5.02 Å². The number of quaternary nitrogens is 1. The SMILES string of the molecule is COc1ccccc1[C@H](CC[NH2+][C@H](C)c1ccc(Cl)cc1)c1ccc(OC(C)C)cc1. The normalized spacial score (nSPS) is 13.1. The molecule has 0 amide bonds. The number of rotatable bonds is 10. The molecule has 0 fully saturated rings. The molecular formula is C27H33ClNO2+. The predicted molar refractivity (Wildman–Crippen MR) is 128 cm³/mol. The molecule has 0 heterocycles. The number of para-hydroxylation sites is 1. The van der Waals surface area contributed by atoms with Gasteiger partial charge in [0.05, 0.1) is 19.8 Å². The minimum atomic E-state index is 0.166. The fourth-order valence-corrected chi connectivity index (χ4v) is 4.05. The van der Waals surface area contributed by atoms with Crippen molar-refractivity contribution in [2.75, 3.05) is 13.7 Å². The van der Waals surface area contributed by atoms with Gasteiger partial charge in [-0.3, -0.25) is 0 Å². The third-order valence-electron chi connectivity index (χ3n) is 5.54. The van der Waals surface area contributed by atoms with Crippen molar-refractivity contribution in [3.63, 3.8) is 0 Å².